The molecule has 0 aliphatic rings. The first-order chi connectivity index (χ1) is 13.1. The minimum absolute atomic E-state index is 0.196. The second-order valence-corrected chi connectivity index (χ2v) is 7.78. The van der Waals surface area contributed by atoms with Gasteiger partial charge in [0.2, 0.25) is 0 Å². The van der Waals surface area contributed by atoms with Gasteiger partial charge in [0, 0.05) is 12.8 Å². The molecule has 0 aliphatic carbocycles. The van der Waals surface area contributed by atoms with Crippen molar-refractivity contribution in [1.82, 2.24) is 0 Å². The maximum Gasteiger partial charge on any atom is 0.305 e. The van der Waals surface area contributed by atoms with Crippen LogP contribution in [0.3, 0.4) is 0 Å². The van der Waals surface area contributed by atoms with Crippen molar-refractivity contribution in [1.29, 1.82) is 0 Å². The maximum atomic E-state index is 11.7. The average Bonchev–Trinajstić information content (AvgIpc) is 2.66. The summed E-state index contributed by atoms with van der Waals surface area (Å²) >= 11 is 0. The Morgan fingerprint density at radius 2 is 1.15 bits per heavy atom. The third kappa shape index (κ3) is 19.5. The van der Waals surface area contributed by atoms with Gasteiger partial charge in [0.05, 0.1) is 13.2 Å². The molecule has 0 bridgehead atoms. The molecular formula is C23H44O4. The Bertz CT molecular complexity index is 354. The first-order valence-electron chi connectivity index (χ1n) is 11.4. The summed E-state index contributed by atoms with van der Waals surface area (Å²) in [5.41, 5.74) is 0. The average molecular weight is 385 g/mol. The van der Waals surface area contributed by atoms with Gasteiger partial charge >= 0.3 is 11.9 Å². The molecular weight excluding hydrogens is 340 g/mol. The lowest BCUT2D eigenvalue weighted by molar-refractivity contribution is -0.145. The predicted octanol–water partition coefficient (Wildman–Crippen LogP) is 6.60. The Labute approximate surface area is 167 Å². The van der Waals surface area contributed by atoms with Crippen LogP contribution in [0.25, 0.3) is 0 Å². The first-order valence-corrected chi connectivity index (χ1v) is 11.4. The van der Waals surface area contributed by atoms with Crippen LogP contribution in [-0.4, -0.2) is 25.2 Å². The van der Waals surface area contributed by atoms with Gasteiger partial charge in [0.15, 0.2) is 0 Å². The summed E-state index contributed by atoms with van der Waals surface area (Å²) in [6, 6.07) is 0. The molecule has 0 heterocycles. The zero-order valence-corrected chi connectivity index (χ0v) is 18.2. The Hall–Kier alpha value is -1.06. The minimum Gasteiger partial charge on any atom is -0.466 e. The monoisotopic (exact) mass is 384 g/mol. The highest BCUT2D eigenvalue weighted by Crippen LogP contribution is 2.11. The maximum absolute atomic E-state index is 11.7. The molecule has 0 aromatic carbocycles. The Morgan fingerprint density at radius 1 is 0.667 bits per heavy atom. The van der Waals surface area contributed by atoms with E-state index in [4.69, 9.17) is 9.47 Å². The minimum atomic E-state index is -0.208. The fourth-order valence-electron chi connectivity index (χ4n) is 2.87. The van der Waals surface area contributed by atoms with Crippen LogP contribution in [0.1, 0.15) is 117 Å². The van der Waals surface area contributed by atoms with Crippen LogP contribution in [0.15, 0.2) is 0 Å². The van der Waals surface area contributed by atoms with Gasteiger partial charge in [-0.2, -0.15) is 0 Å². The number of rotatable bonds is 19. The molecule has 0 saturated carbocycles. The highest BCUT2D eigenvalue weighted by molar-refractivity contribution is 5.72. The number of carbonyl (C=O) groups excluding carboxylic acids is 2. The van der Waals surface area contributed by atoms with Crippen molar-refractivity contribution < 1.29 is 19.1 Å². The van der Waals surface area contributed by atoms with E-state index in [1.807, 2.05) is 0 Å². The molecule has 4 heteroatoms. The van der Waals surface area contributed by atoms with Crippen molar-refractivity contribution in [2.75, 3.05) is 13.2 Å². The lowest BCUT2D eigenvalue weighted by Crippen LogP contribution is -2.10. The van der Waals surface area contributed by atoms with Gasteiger partial charge in [-0.15, -0.1) is 0 Å². The third-order valence-electron chi connectivity index (χ3n) is 5.09. The Kier molecular flexibility index (Phi) is 18.9. The zero-order chi connectivity index (χ0) is 20.2. The molecule has 0 saturated heterocycles. The number of carbonyl (C=O) groups is 2. The number of ether oxygens (including phenoxy) is 2. The molecule has 1 unspecified atom stereocenters. The number of hydrogen-bond acceptors (Lipinski definition) is 4. The summed E-state index contributed by atoms with van der Waals surface area (Å²) < 4.78 is 10.4. The summed E-state index contributed by atoms with van der Waals surface area (Å²) in [6.45, 7) is 7.52. The lowest BCUT2D eigenvalue weighted by Gasteiger charge is -2.09. The molecule has 0 radical (unpaired) electrons. The molecule has 4 nitrogen and oxygen atoms in total. The van der Waals surface area contributed by atoms with Crippen LogP contribution in [0.5, 0.6) is 0 Å². The second kappa shape index (κ2) is 19.7. The van der Waals surface area contributed by atoms with Crippen LogP contribution in [0.2, 0.25) is 0 Å². The summed E-state index contributed by atoms with van der Waals surface area (Å²) in [6.07, 6.45) is 15.8. The van der Waals surface area contributed by atoms with E-state index in [-0.39, 0.29) is 11.9 Å². The molecule has 0 aliphatic heterocycles. The summed E-state index contributed by atoms with van der Waals surface area (Å²) in [7, 11) is 0. The molecule has 1 atom stereocenters. The van der Waals surface area contributed by atoms with Crippen molar-refractivity contribution in [2.24, 2.45) is 5.92 Å². The summed E-state index contributed by atoms with van der Waals surface area (Å²) in [4.78, 5) is 23.2. The van der Waals surface area contributed by atoms with Crippen molar-refractivity contribution in [3.8, 4) is 0 Å². The molecule has 160 valence electrons. The molecule has 0 N–H and O–H groups in total. The summed E-state index contributed by atoms with van der Waals surface area (Å²) in [5, 5.41) is 0. The van der Waals surface area contributed by atoms with E-state index in [1.54, 1.807) is 0 Å². The SMILES string of the molecule is CCCCCCCCCCCCOC(=O)CCCC(=O)OCCC(C)CC. The topological polar surface area (TPSA) is 52.6 Å². The van der Waals surface area contributed by atoms with Gasteiger partial charge in [-0.1, -0.05) is 85.0 Å². The molecule has 0 fully saturated rings. The van der Waals surface area contributed by atoms with Gasteiger partial charge < -0.3 is 9.47 Å². The van der Waals surface area contributed by atoms with E-state index in [0.29, 0.717) is 38.4 Å². The Balaban J connectivity index is 3.33. The van der Waals surface area contributed by atoms with Crippen LogP contribution in [0, 0.1) is 5.92 Å². The van der Waals surface area contributed by atoms with E-state index in [2.05, 4.69) is 20.8 Å². The zero-order valence-electron chi connectivity index (χ0n) is 18.2. The quantitative estimate of drug-likeness (QED) is 0.186. The van der Waals surface area contributed by atoms with Crippen molar-refractivity contribution in [3.63, 3.8) is 0 Å². The fraction of sp³-hybridized carbons (Fsp3) is 0.913. The van der Waals surface area contributed by atoms with Crippen LogP contribution in [0.4, 0.5) is 0 Å². The highest BCUT2D eigenvalue weighted by atomic mass is 16.5. The lowest BCUT2D eigenvalue weighted by atomic mass is 10.1. The predicted molar refractivity (Wildman–Crippen MR) is 112 cm³/mol. The van der Waals surface area contributed by atoms with E-state index >= 15 is 0 Å². The van der Waals surface area contributed by atoms with Crippen molar-refractivity contribution >= 4 is 11.9 Å². The molecule has 0 aromatic rings. The van der Waals surface area contributed by atoms with E-state index < -0.39 is 0 Å². The largest absolute Gasteiger partial charge is 0.466 e. The standard InChI is InChI=1S/C23H44O4/c1-4-6-7-8-9-10-11-12-13-14-19-26-22(24)16-15-17-23(25)27-20-18-21(3)5-2/h21H,4-20H2,1-3H3. The molecule has 27 heavy (non-hydrogen) atoms. The summed E-state index contributed by atoms with van der Waals surface area (Å²) in [5.74, 6) is 0.178. The van der Waals surface area contributed by atoms with E-state index in [9.17, 15) is 9.59 Å². The highest BCUT2D eigenvalue weighted by Gasteiger charge is 2.08. The van der Waals surface area contributed by atoms with Crippen LogP contribution < -0.4 is 0 Å². The smallest absolute Gasteiger partial charge is 0.305 e. The second-order valence-electron chi connectivity index (χ2n) is 7.78. The third-order valence-corrected chi connectivity index (χ3v) is 5.09. The van der Waals surface area contributed by atoms with Gasteiger partial charge in [-0.3, -0.25) is 9.59 Å². The van der Waals surface area contributed by atoms with E-state index in [1.165, 1.54) is 51.4 Å². The van der Waals surface area contributed by atoms with Crippen molar-refractivity contribution in [3.05, 3.63) is 0 Å². The number of hydrogen-bond donors (Lipinski definition) is 0. The first kappa shape index (κ1) is 25.9. The van der Waals surface area contributed by atoms with Gasteiger partial charge in [-0.25, -0.2) is 0 Å². The fourth-order valence-corrected chi connectivity index (χ4v) is 2.87. The van der Waals surface area contributed by atoms with Gasteiger partial charge in [0.25, 0.3) is 0 Å². The van der Waals surface area contributed by atoms with Gasteiger partial charge in [0.1, 0.15) is 0 Å². The Morgan fingerprint density at radius 3 is 1.67 bits per heavy atom. The van der Waals surface area contributed by atoms with Crippen LogP contribution >= 0.6 is 0 Å². The number of esters is 2. The van der Waals surface area contributed by atoms with Crippen LogP contribution in [-0.2, 0) is 19.1 Å². The molecule has 0 amide bonds. The van der Waals surface area contributed by atoms with Gasteiger partial charge in [-0.05, 0) is 25.2 Å². The number of unbranched alkanes of at least 4 members (excludes halogenated alkanes) is 9. The molecule has 0 rings (SSSR count). The normalized spacial score (nSPS) is 12.0. The van der Waals surface area contributed by atoms with Crippen molar-refractivity contribution in [2.45, 2.75) is 117 Å². The van der Waals surface area contributed by atoms with E-state index in [0.717, 1.165) is 25.7 Å². The molecule has 0 aromatic heterocycles. The molecule has 0 spiro atoms.